The SMILES string of the molecule is CC1c2c(c(=O)[nH]c(=O)n2C2CC2)C(N)=C(F)C1c1cc2c(s1)CCCC2C(N)C(F)(F)F. The van der Waals surface area contributed by atoms with E-state index < -0.39 is 47.0 Å². The van der Waals surface area contributed by atoms with Gasteiger partial charge in [0.15, 0.2) is 0 Å². The number of hydrogen-bond donors (Lipinski definition) is 3. The van der Waals surface area contributed by atoms with Crippen molar-refractivity contribution >= 4 is 17.0 Å². The van der Waals surface area contributed by atoms with Crippen LogP contribution in [0.2, 0.25) is 0 Å². The quantitative estimate of drug-likeness (QED) is 0.577. The second-order valence-corrected chi connectivity index (χ2v) is 10.4. The van der Waals surface area contributed by atoms with Gasteiger partial charge in [-0.15, -0.1) is 11.3 Å². The highest BCUT2D eigenvalue weighted by Crippen LogP contribution is 2.52. The van der Waals surface area contributed by atoms with Crippen LogP contribution in [0.15, 0.2) is 21.5 Å². The van der Waals surface area contributed by atoms with Gasteiger partial charge in [-0.25, -0.2) is 9.18 Å². The number of hydrogen-bond acceptors (Lipinski definition) is 5. The molecular weight excluding hydrogens is 460 g/mol. The Labute approximate surface area is 190 Å². The highest BCUT2D eigenvalue weighted by atomic mass is 32.1. The summed E-state index contributed by atoms with van der Waals surface area (Å²) in [4.78, 5) is 28.7. The van der Waals surface area contributed by atoms with E-state index in [0.717, 1.165) is 17.7 Å². The van der Waals surface area contributed by atoms with Gasteiger partial charge in [-0.3, -0.25) is 14.3 Å². The Balaban J connectivity index is 1.64. The predicted octanol–water partition coefficient (Wildman–Crippen LogP) is 3.74. The zero-order valence-corrected chi connectivity index (χ0v) is 18.7. The highest BCUT2D eigenvalue weighted by molar-refractivity contribution is 7.12. The van der Waals surface area contributed by atoms with Gasteiger partial charge >= 0.3 is 11.9 Å². The molecule has 2 aromatic heterocycles. The Morgan fingerprint density at radius 1 is 1.24 bits per heavy atom. The van der Waals surface area contributed by atoms with Crippen molar-refractivity contribution < 1.29 is 17.6 Å². The van der Waals surface area contributed by atoms with Gasteiger partial charge in [-0.2, -0.15) is 13.2 Å². The van der Waals surface area contributed by atoms with E-state index in [1.165, 1.54) is 15.9 Å². The van der Waals surface area contributed by atoms with Crippen LogP contribution in [0.25, 0.3) is 5.70 Å². The summed E-state index contributed by atoms with van der Waals surface area (Å²) < 4.78 is 57.2. The standard InChI is InChI=1S/C22H24F4N4O2S/c1-8-14(13-7-11-10(19(28)22(24,25)26)3-2-4-12(11)33-13)16(23)17(27)15-18(8)30(9-5-6-9)21(32)29-20(15)31/h7-10,14,19H,2-6,27-28H2,1H3,(H,29,31,32). The molecule has 5 rings (SSSR count). The van der Waals surface area contributed by atoms with Crippen molar-refractivity contribution in [1.29, 1.82) is 0 Å². The number of aromatic amines is 1. The molecule has 4 unspecified atom stereocenters. The van der Waals surface area contributed by atoms with Crippen LogP contribution >= 0.6 is 11.3 Å². The Bertz CT molecular complexity index is 1270. The fourth-order valence-electron chi connectivity index (χ4n) is 5.37. The van der Waals surface area contributed by atoms with Crippen molar-refractivity contribution in [2.24, 2.45) is 11.5 Å². The molecule has 33 heavy (non-hydrogen) atoms. The number of aromatic nitrogens is 2. The molecule has 0 bridgehead atoms. The van der Waals surface area contributed by atoms with Gasteiger partial charge in [0.1, 0.15) is 11.9 Å². The van der Waals surface area contributed by atoms with E-state index in [1.54, 1.807) is 13.0 Å². The largest absolute Gasteiger partial charge is 0.404 e. The number of aryl methyl sites for hydroxylation is 1. The first kappa shape index (κ1) is 22.4. The lowest BCUT2D eigenvalue weighted by Crippen LogP contribution is -2.43. The van der Waals surface area contributed by atoms with Crippen LogP contribution in [0.4, 0.5) is 17.6 Å². The van der Waals surface area contributed by atoms with E-state index >= 15 is 4.39 Å². The maximum Gasteiger partial charge on any atom is 0.404 e. The molecule has 4 atom stereocenters. The third-order valence-electron chi connectivity index (χ3n) is 7.12. The highest BCUT2D eigenvalue weighted by Gasteiger charge is 2.46. The first-order valence-corrected chi connectivity index (χ1v) is 11.8. The normalized spacial score (nSPS) is 26.2. The second kappa shape index (κ2) is 7.56. The van der Waals surface area contributed by atoms with E-state index in [4.69, 9.17) is 11.5 Å². The van der Waals surface area contributed by atoms with E-state index in [9.17, 15) is 22.8 Å². The van der Waals surface area contributed by atoms with Crippen LogP contribution < -0.4 is 22.7 Å². The third kappa shape index (κ3) is 3.47. The molecule has 1 fully saturated rings. The summed E-state index contributed by atoms with van der Waals surface area (Å²) in [5.41, 5.74) is 10.9. The number of thiophene rings is 1. The first-order valence-electron chi connectivity index (χ1n) is 11.0. The smallest absolute Gasteiger partial charge is 0.396 e. The average Bonchev–Trinajstić information content (AvgIpc) is 3.48. The molecule has 0 aliphatic heterocycles. The van der Waals surface area contributed by atoms with Gasteiger partial charge in [0.2, 0.25) is 0 Å². The number of nitrogens with zero attached hydrogens (tertiary/aromatic N) is 1. The van der Waals surface area contributed by atoms with E-state index in [0.29, 0.717) is 35.4 Å². The number of nitrogens with one attached hydrogen (secondary N) is 1. The molecule has 0 radical (unpaired) electrons. The van der Waals surface area contributed by atoms with E-state index in [-0.39, 0.29) is 17.3 Å². The average molecular weight is 485 g/mol. The molecule has 0 saturated heterocycles. The number of halogens is 4. The number of allylic oxidation sites excluding steroid dienone is 1. The summed E-state index contributed by atoms with van der Waals surface area (Å²) in [6.45, 7) is 1.73. The van der Waals surface area contributed by atoms with Crippen molar-refractivity contribution in [3.8, 4) is 0 Å². The maximum absolute atomic E-state index is 15.6. The van der Waals surface area contributed by atoms with Gasteiger partial charge < -0.3 is 11.5 Å². The zero-order valence-electron chi connectivity index (χ0n) is 17.8. The summed E-state index contributed by atoms with van der Waals surface area (Å²) in [6, 6.07) is -0.445. The number of alkyl halides is 3. The molecule has 2 aromatic rings. The van der Waals surface area contributed by atoms with Gasteiger partial charge in [0, 0.05) is 33.3 Å². The fourth-order valence-corrected chi connectivity index (χ4v) is 6.85. The number of nitrogens with two attached hydrogens (primary N) is 2. The Morgan fingerprint density at radius 3 is 2.58 bits per heavy atom. The summed E-state index contributed by atoms with van der Waals surface area (Å²) >= 11 is 1.27. The minimum Gasteiger partial charge on any atom is -0.396 e. The van der Waals surface area contributed by atoms with Crippen LogP contribution in [0, 0.1) is 0 Å². The molecular formula is C22H24F4N4O2S. The molecule has 2 heterocycles. The maximum atomic E-state index is 15.6. The Hall–Kier alpha value is -2.40. The number of fused-ring (bicyclic) bond motifs is 2. The van der Waals surface area contributed by atoms with Crippen LogP contribution in [0.3, 0.4) is 0 Å². The Morgan fingerprint density at radius 2 is 1.94 bits per heavy atom. The van der Waals surface area contributed by atoms with Gasteiger partial charge in [0.05, 0.1) is 17.2 Å². The number of H-pyrrole nitrogens is 1. The molecule has 6 nitrogen and oxygen atoms in total. The van der Waals surface area contributed by atoms with Crippen molar-refractivity contribution in [2.75, 3.05) is 0 Å². The molecule has 178 valence electrons. The number of rotatable bonds is 3. The van der Waals surface area contributed by atoms with E-state index in [1.807, 2.05) is 0 Å². The lowest BCUT2D eigenvalue weighted by Gasteiger charge is -2.31. The predicted molar refractivity (Wildman–Crippen MR) is 117 cm³/mol. The minimum atomic E-state index is -4.53. The van der Waals surface area contributed by atoms with Gasteiger partial charge in [-0.05, 0) is 43.7 Å². The Kier molecular flexibility index (Phi) is 5.13. The molecule has 1 saturated carbocycles. The lowest BCUT2D eigenvalue weighted by atomic mass is 9.78. The van der Waals surface area contributed by atoms with Gasteiger partial charge in [-0.1, -0.05) is 6.92 Å². The zero-order chi connectivity index (χ0) is 23.8. The van der Waals surface area contributed by atoms with Crippen molar-refractivity contribution in [3.05, 3.63) is 59.3 Å². The van der Waals surface area contributed by atoms with Crippen LogP contribution in [-0.2, 0) is 6.42 Å². The lowest BCUT2D eigenvalue weighted by molar-refractivity contribution is -0.153. The van der Waals surface area contributed by atoms with Crippen molar-refractivity contribution in [1.82, 2.24) is 9.55 Å². The summed E-state index contributed by atoms with van der Waals surface area (Å²) in [7, 11) is 0. The van der Waals surface area contributed by atoms with Crippen LogP contribution in [0.1, 0.15) is 83.0 Å². The molecule has 3 aliphatic carbocycles. The fraction of sp³-hybridized carbons (Fsp3) is 0.545. The van der Waals surface area contributed by atoms with Crippen molar-refractivity contribution in [2.45, 2.75) is 75.0 Å². The molecule has 0 amide bonds. The molecule has 0 aromatic carbocycles. The molecule has 3 aliphatic rings. The summed E-state index contributed by atoms with van der Waals surface area (Å²) in [6.07, 6.45) is -1.51. The van der Waals surface area contributed by atoms with Gasteiger partial charge in [0.25, 0.3) is 5.56 Å². The molecule has 5 N–H and O–H groups in total. The summed E-state index contributed by atoms with van der Waals surface area (Å²) in [5.74, 6) is -3.07. The topological polar surface area (TPSA) is 107 Å². The van der Waals surface area contributed by atoms with Crippen LogP contribution in [0.5, 0.6) is 0 Å². The minimum absolute atomic E-state index is 0.0268. The monoisotopic (exact) mass is 484 g/mol. The second-order valence-electron chi connectivity index (χ2n) is 9.24. The van der Waals surface area contributed by atoms with Crippen LogP contribution in [-0.4, -0.2) is 21.8 Å². The van der Waals surface area contributed by atoms with Crippen molar-refractivity contribution in [3.63, 3.8) is 0 Å². The molecule has 11 heteroatoms. The molecule has 0 spiro atoms. The third-order valence-corrected chi connectivity index (χ3v) is 8.42. The summed E-state index contributed by atoms with van der Waals surface area (Å²) in [5, 5.41) is 0. The van der Waals surface area contributed by atoms with E-state index in [2.05, 4.69) is 4.98 Å². The first-order chi connectivity index (χ1) is 15.5.